The normalized spacial score (nSPS) is 20.3. The second-order valence-corrected chi connectivity index (χ2v) is 9.21. The summed E-state index contributed by atoms with van der Waals surface area (Å²) in [7, 11) is 0. The summed E-state index contributed by atoms with van der Waals surface area (Å²) in [5.41, 5.74) is 0.258. The van der Waals surface area contributed by atoms with Crippen LogP contribution in [0, 0.1) is 17.8 Å². The van der Waals surface area contributed by atoms with Gasteiger partial charge in [0.25, 0.3) is 0 Å². The molecular formula is C19H26IO7-. The average Bonchev–Trinajstić information content (AvgIpc) is 2.66. The molecule has 1 rings (SSSR count). The topological polar surface area (TPSA) is 107 Å². The molecule has 0 amide bonds. The van der Waals surface area contributed by atoms with Crippen LogP contribution in [0.25, 0.3) is 0 Å². The van der Waals surface area contributed by atoms with Gasteiger partial charge in [-0.15, -0.1) is 0 Å². The molecule has 0 spiro atoms. The molecule has 0 aromatic heterocycles. The molecule has 7 nitrogen and oxygen atoms in total. The van der Waals surface area contributed by atoms with Crippen LogP contribution in [-0.4, -0.2) is 44.4 Å². The van der Waals surface area contributed by atoms with Gasteiger partial charge in [-0.3, -0.25) is 0 Å². The third-order valence-corrected chi connectivity index (χ3v) is 7.11. The Morgan fingerprint density at radius 2 is 1.74 bits per heavy atom. The van der Waals surface area contributed by atoms with Crippen LogP contribution in [0.4, 0.5) is 0 Å². The fraction of sp³-hybridized carbons (Fsp3) is 0.579. The number of halogens is 1. The number of carbonyl (C=O) groups excluding carboxylic acids is 3. The second kappa shape index (κ2) is 11.9. The maximum absolute atomic E-state index is 12.4. The Morgan fingerprint density at radius 3 is 2.30 bits per heavy atom. The molecule has 1 fully saturated rings. The minimum absolute atomic E-state index is 0.0101. The molecule has 3 unspecified atom stereocenters. The number of rotatable bonds is 11. The van der Waals surface area contributed by atoms with Crippen LogP contribution in [-0.2, 0) is 28.7 Å². The first-order valence-corrected chi connectivity index (χ1v) is 11.3. The van der Waals surface area contributed by atoms with Gasteiger partial charge in [0.2, 0.25) is 0 Å². The Morgan fingerprint density at radius 1 is 1.15 bits per heavy atom. The molecular weight excluding hydrogens is 467 g/mol. The van der Waals surface area contributed by atoms with E-state index in [2.05, 4.69) is 13.2 Å². The molecule has 0 radical (unpaired) electrons. The summed E-state index contributed by atoms with van der Waals surface area (Å²) in [6, 6.07) is 0. The minimum atomic E-state index is -0.981. The van der Waals surface area contributed by atoms with Gasteiger partial charge in [-0.2, -0.15) is 0 Å². The van der Waals surface area contributed by atoms with Crippen LogP contribution in [0.2, 0.25) is 0 Å². The van der Waals surface area contributed by atoms with Gasteiger partial charge >= 0.3 is 169 Å². The molecule has 0 aromatic carbocycles. The number of carboxylic acids is 1. The zero-order valence-corrected chi connectivity index (χ0v) is 17.6. The molecule has 1 saturated carbocycles. The van der Waals surface area contributed by atoms with Crippen molar-refractivity contribution < 1.29 is 55.0 Å². The van der Waals surface area contributed by atoms with Crippen molar-refractivity contribution in [3.05, 3.63) is 24.8 Å². The van der Waals surface area contributed by atoms with Crippen LogP contribution in [0.1, 0.15) is 32.6 Å². The fourth-order valence-corrected chi connectivity index (χ4v) is 4.59. The molecule has 152 valence electrons. The third-order valence-electron chi connectivity index (χ3n) is 4.23. The quantitative estimate of drug-likeness (QED) is 0.129. The van der Waals surface area contributed by atoms with E-state index in [4.69, 9.17) is 9.47 Å². The van der Waals surface area contributed by atoms with Crippen LogP contribution >= 0.6 is 0 Å². The van der Waals surface area contributed by atoms with Gasteiger partial charge in [-0.1, -0.05) is 0 Å². The number of carbonyl (C=O) groups is 4. The number of hydrogen-bond donors (Lipinski definition) is 1. The molecule has 27 heavy (non-hydrogen) atoms. The van der Waals surface area contributed by atoms with Gasteiger partial charge in [0, 0.05) is 0 Å². The summed E-state index contributed by atoms with van der Waals surface area (Å²) in [6.45, 7) is 8.46. The Kier molecular flexibility index (Phi) is 10.3. The van der Waals surface area contributed by atoms with Crippen molar-refractivity contribution in [2.75, 3.05) is 17.6 Å². The van der Waals surface area contributed by atoms with E-state index in [1.54, 1.807) is 0 Å². The van der Waals surface area contributed by atoms with Crippen molar-refractivity contribution in [2.45, 2.75) is 32.6 Å². The van der Waals surface area contributed by atoms with E-state index in [9.17, 15) is 24.3 Å². The Labute approximate surface area is 169 Å². The van der Waals surface area contributed by atoms with Crippen molar-refractivity contribution >= 4 is 21.7 Å². The average molecular weight is 493 g/mol. The van der Waals surface area contributed by atoms with Gasteiger partial charge in [0.05, 0.1) is 0 Å². The molecule has 0 saturated heterocycles. The summed E-state index contributed by atoms with van der Waals surface area (Å²) in [6.07, 6.45) is 3.80. The van der Waals surface area contributed by atoms with Crippen LogP contribution in [0.5, 0.6) is 0 Å². The fourth-order valence-electron chi connectivity index (χ4n) is 2.71. The SMILES string of the molecule is C=CC(=O)[I-]CC(COC(=O)C(=C)C)COC(=O)C1CCCCC1C(=O)O. The maximum atomic E-state index is 12.4. The van der Waals surface area contributed by atoms with Crippen LogP contribution in [0.15, 0.2) is 24.8 Å². The first-order chi connectivity index (χ1) is 12.8. The summed E-state index contributed by atoms with van der Waals surface area (Å²) in [5, 5.41) is 9.29. The van der Waals surface area contributed by atoms with Gasteiger partial charge in [0.15, 0.2) is 0 Å². The number of hydrogen-bond acceptors (Lipinski definition) is 6. The molecule has 0 aliphatic heterocycles. The number of allylic oxidation sites excluding steroid dienone is 1. The van der Waals surface area contributed by atoms with Crippen LogP contribution in [0.3, 0.4) is 0 Å². The van der Waals surface area contributed by atoms with E-state index in [0.29, 0.717) is 17.3 Å². The van der Waals surface area contributed by atoms with E-state index in [0.717, 1.165) is 12.8 Å². The number of esters is 2. The predicted molar refractivity (Wildman–Crippen MR) is 93.4 cm³/mol. The van der Waals surface area contributed by atoms with Gasteiger partial charge in [0.1, 0.15) is 0 Å². The van der Waals surface area contributed by atoms with E-state index >= 15 is 0 Å². The van der Waals surface area contributed by atoms with Crippen molar-refractivity contribution in [1.82, 2.24) is 0 Å². The van der Waals surface area contributed by atoms with E-state index in [1.165, 1.54) is 13.0 Å². The second-order valence-electron chi connectivity index (χ2n) is 6.51. The summed E-state index contributed by atoms with van der Waals surface area (Å²) in [4.78, 5) is 46.8. The summed E-state index contributed by atoms with van der Waals surface area (Å²) >= 11 is -0.850. The van der Waals surface area contributed by atoms with Gasteiger partial charge in [-0.05, 0) is 0 Å². The van der Waals surface area contributed by atoms with Crippen LogP contribution < -0.4 is 21.2 Å². The summed E-state index contributed by atoms with van der Waals surface area (Å²) in [5.74, 6) is -3.75. The molecule has 0 heterocycles. The number of aliphatic carboxylic acids is 1. The standard InChI is InChI=1S/C19H26IO7/c1-4-16(21)20-9-13(10-26-18(24)12(2)3)11-27-19(25)15-8-6-5-7-14(15)17(22)23/h4,13-15H,1-2,5-11H2,3H3,(H,22,23)/q-1. The summed E-state index contributed by atoms with van der Waals surface area (Å²) < 4.78 is 10.9. The molecule has 0 bridgehead atoms. The van der Waals surface area contributed by atoms with E-state index < -0.39 is 50.9 Å². The van der Waals surface area contributed by atoms with Crippen molar-refractivity contribution in [2.24, 2.45) is 17.8 Å². The molecule has 0 aromatic rings. The Hall–Kier alpha value is -1.71. The van der Waals surface area contributed by atoms with Gasteiger partial charge < -0.3 is 0 Å². The zero-order valence-electron chi connectivity index (χ0n) is 15.4. The van der Waals surface area contributed by atoms with E-state index in [1.807, 2.05) is 0 Å². The molecule has 8 heteroatoms. The number of carboxylic acid groups (broad SMARTS) is 1. The number of ether oxygens (including phenoxy) is 2. The predicted octanol–water partition coefficient (Wildman–Crippen LogP) is -1.04. The van der Waals surface area contributed by atoms with Crippen molar-refractivity contribution in [1.29, 1.82) is 0 Å². The number of alkyl halides is 1. The van der Waals surface area contributed by atoms with Crippen molar-refractivity contribution in [3.8, 4) is 0 Å². The molecule has 1 N–H and O–H groups in total. The van der Waals surface area contributed by atoms with Crippen molar-refractivity contribution in [3.63, 3.8) is 0 Å². The third kappa shape index (κ3) is 8.23. The zero-order chi connectivity index (χ0) is 20.4. The van der Waals surface area contributed by atoms with E-state index in [-0.39, 0.29) is 28.5 Å². The van der Waals surface area contributed by atoms with Gasteiger partial charge in [-0.25, -0.2) is 0 Å². The Balaban J connectivity index is 2.63. The molecule has 1 aliphatic carbocycles. The Bertz CT molecular complexity index is 599. The molecule has 3 atom stereocenters. The first kappa shape index (κ1) is 23.3. The molecule has 1 aliphatic rings. The monoisotopic (exact) mass is 493 g/mol. The first-order valence-electron chi connectivity index (χ1n) is 8.73.